The van der Waals surface area contributed by atoms with Gasteiger partial charge >= 0.3 is 0 Å². The molecular formula is C25H24ClN3O3. The molecule has 0 saturated carbocycles. The van der Waals surface area contributed by atoms with E-state index in [0.717, 1.165) is 16.9 Å². The van der Waals surface area contributed by atoms with Crippen LogP contribution in [0, 0.1) is 5.92 Å². The van der Waals surface area contributed by atoms with Crippen molar-refractivity contribution in [3.63, 3.8) is 0 Å². The number of aliphatic hydroxyl groups excluding tert-OH is 1. The molecule has 2 fully saturated rings. The average Bonchev–Trinajstić information content (AvgIpc) is 3.31. The lowest BCUT2D eigenvalue weighted by molar-refractivity contribution is -0.121. The molecule has 0 spiro atoms. The van der Waals surface area contributed by atoms with E-state index in [1.54, 1.807) is 17.2 Å². The summed E-state index contributed by atoms with van der Waals surface area (Å²) in [4.78, 5) is 23.3. The van der Waals surface area contributed by atoms with E-state index in [1.165, 1.54) is 4.90 Å². The van der Waals surface area contributed by atoms with E-state index in [1.807, 2.05) is 85.7 Å². The summed E-state index contributed by atoms with van der Waals surface area (Å²) in [5, 5.41) is 13.5. The molecule has 2 aliphatic heterocycles. The van der Waals surface area contributed by atoms with Crippen LogP contribution in [0.1, 0.15) is 11.6 Å². The highest BCUT2D eigenvalue weighted by atomic mass is 35.5. The number of amides is 1. The molecule has 2 heterocycles. The van der Waals surface area contributed by atoms with E-state index >= 15 is 0 Å². The highest BCUT2D eigenvalue weighted by molar-refractivity contribution is 6.30. The van der Waals surface area contributed by atoms with Crippen LogP contribution in [0.5, 0.6) is 0 Å². The first-order valence-electron chi connectivity index (χ1n) is 10.5. The molecule has 6 nitrogen and oxygen atoms in total. The van der Waals surface area contributed by atoms with E-state index in [-0.39, 0.29) is 5.91 Å². The van der Waals surface area contributed by atoms with Gasteiger partial charge in [0.25, 0.3) is 0 Å². The summed E-state index contributed by atoms with van der Waals surface area (Å²) in [6.07, 6.45) is -1.78. The molecule has 164 valence electrons. The number of rotatable bonds is 4. The first kappa shape index (κ1) is 20.8. The Kier molecular flexibility index (Phi) is 5.29. The largest absolute Gasteiger partial charge is 0.378 e. The molecule has 0 aromatic heterocycles. The van der Waals surface area contributed by atoms with Crippen LogP contribution < -0.4 is 14.9 Å². The number of hydrogen-bond acceptors (Lipinski definition) is 5. The van der Waals surface area contributed by atoms with Crippen LogP contribution in [0.15, 0.2) is 78.9 Å². The smallest absolute Gasteiger partial charge is 0.237 e. The van der Waals surface area contributed by atoms with Crippen molar-refractivity contribution < 1.29 is 14.7 Å². The first-order valence-corrected chi connectivity index (χ1v) is 10.9. The summed E-state index contributed by atoms with van der Waals surface area (Å²) in [6.45, 7) is 0. The quantitative estimate of drug-likeness (QED) is 0.645. The molecule has 0 radical (unpaired) electrons. The molecule has 0 aliphatic carbocycles. The van der Waals surface area contributed by atoms with Gasteiger partial charge in [0.2, 0.25) is 5.91 Å². The van der Waals surface area contributed by atoms with Gasteiger partial charge in [0.1, 0.15) is 6.10 Å². The van der Waals surface area contributed by atoms with Gasteiger partial charge in [0.15, 0.2) is 6.23 Å². The summed E-state index contributed by atoms with van der Waals surface area (Å²) in [7, 11) is 3.97. The van der Waals surface area contributed by atoms with Gasteiger partial charge in [-0.25, -0.2) is 5.06 Å². The standard InChI is InChI=1S/C25H24ClN3O3/c1-27(2)18-12-8-16(9-13-18)22-21-23(32-29(22)20-14-10-17(26)11-15-20)25(31)28(24(21)30)19-6-4-3-5-7-19/h3-15,21-23,25,31H,1-2H3. The van der Waals surface area contributed by atoms with Crippen LogP contribution in [0.4, 0.5) is 17.1 Å². The molecule has 3 aromatic carbocycles. The molecule has 1 N–H and O–H groups in total. The van der Waals surface area contributed by atoms with Crippen molar-refractivity contribution in [1.29, 1.82) is 0 Å². The maximum absolute atomic E-state index is 13.6. The Morgan fingerprint density at radius 2 is 1.56 bits per heavy atom. The van der Waals surface area contributed by atoms with Crippen molar-refractivity contribution in [2.24, 2.45) is 5.92 Å². The number of para-hydroxylation sites is 1. The van der Waals surface area contributed by atoms with Crippen LogP contribution in [-0.4, -0.2) is 37.4 Å². The molecule has 7 heteroatoms. The zero-order valence-corrected chi connectivity index (χ0v) is 18.6. The second-order valence-electron chi connectivity index (χ2n) is 8.29. The Morgan fingerprint density at radius 3 is 2.19 bits per heavy atom. The Morgan fingerprint density at radius 1 is 0.906 bits per heavy atom. The van der Waals surface area contributed by atoms with Gasteiger partial charge in [0, 0.05) is 30.5 Å². The van der Waals surface area contributed by atoms with Crippen LogP contribution in [0.3, 0.4) is 0 Å². The molecule has 32 heavy (non-hydrogen) atoms. The van der Waals surface area contributed by atoms with Crippen LogP contribution in [-0.2, 0) is 9.63 Å². The van der Waals surface area contributed by atoms with Gasteiger partial charge in [-0.1, -0.05) is 41.9 Å². The Bertz CT molecular complexity index is 1110. The molecule has 2 saturated heterocycles. The number of carbonyl (C=O) groups is 1. The minimum Gasteiger partial charge on any atom is -0.378 e. The highest BCUT2D eigenvalue weighted by Crippen LogP contribution is 2.49. The molecule has 3 aromatic rings. The maximum atomic E-state index is 13.6. The highest BCUT2D eigenvalue weighted by Gasteiger charge is 2.59. The van der Waals surface area contributed by atoms with Gasteiger partial charge in [-0.2, -0.15) is 0 Å². The lowest BCUT2D eigenvalue weighted by Crippen LogP contribution is -2.40. The Labute approximate surface area is 192 Å². The number of nitrogens with zero attached hydrogens (tertiary/aromatic N) is 3. The van der Waals surface area contributed by atoms with Crippen LogP contribution in [0.2, 0.25) is 5.02 Å². The summed E-state index contributed by atoms with van der Waals surface area (Å²) >= 11 is 6.08. The minimum atomic E-state index is -1.09. The Balaban J connectivity index is 1.57. The summed E-state index contributed by atoms with van der Waals surface area (Å²) in [5.74, 6) is -0.724. The van der Waals surface area contributed by atoms with Crippen LogP contribution >= 0.6 is 11.6 Å². The molecule has 1 amide bonds. The van der Waals surface area contributed by atoms with Crippen LogP contribution in [0.25, 0.3) is 0 Å². The van der Waals surface area contributed by atoms with E-state index < -0.39 is 24.3 Å². The summed E-state index contributed by atoms with van der Waals surface area (Å²) < 4.78 is 0. The molecule has 5 rings (SSSR count). The fourth-order valence-corrected chi connectivity index (χ4v) is 4.66. The number of hydrogen-bond donors (Lipinski definition) is 1. The van der Waals surface area contributed by atoms with E-state index in [2.05, 4.69) is 0 Å². The van der Waals surface area contributed by atoms with Gasteiger partial charge < -0.3 is 10.0 Å². The van der Waals surface area contributed by atoms with E-state index in [0.29, 0.717) is 10.7 Å². The molecule has 4 unspecified atom stereocenters. The van der Waals surface area contributed by atoms with Gasteiger partial charge in [-0.15, -0.1) is 0 Å². The molecule has 4 atom stereocenters. The van der Waals surface area contributed by atoms with Gasteiger partial charge in [-0.05, 0) is 54.1 Å². The van der Waals surface area contributed by atoms with Crippen molar-refractivity contribution in [3.05, 3.63) is 89.4 Å². The van der Waals surface area contributed by atoms with Crippen molar-refractivity contribution >= 4 is 34.6 Å². The van der Waals surface area contributed by atoms with Crippen molar-refractivity contribution in [1.82, 2.24) is 0 Å². The van der Waals surface area contributed by atoms with Crippen molar-refractivity contribution in [2.45, 2.75) is 18.4 Å². The molecular weight excluding hydrogens is 426 g/mol. The number of carbonyl (C=O) groups excluding carboxylic acids is 1. The number of anilines is 3. The number of halogens is 1. The topological polar surface area (TPSA) is 56.3 Å². The van der Waals surface area contributed by atoms with Crippen molar-refractivity contribution in [2.75, 3.05) is 29.0 Å². The number of aliphatic hydroxyl groups is 1. The maximum Gasteiger partial charge on any atom is 0.237 e. The second-order valence-corrected chi connectivity index (χ2v) is 8.72. The number of fused-ring (bicyclic) bond motifs is 1. The fraction of sp³-hybridized carbons (Fsp3) is 0.240. The normalized spacial score (nSPS) is 24.7. The van der Waals surface area contributed by atoms with E-state index in [4.69, 9.17) is 16.4 Å². The monoisotopic (exact) mass is 449 g/mol. The molecule has 0 bridgehead atoms. The fourth-order valence-electron chi connectivity index (χ4n) is 4.53. The Hall–Kier alpha value is -3.06. The zero-order chi connectivity index (χ0) is 22.4. The summed E-state index contributed by atoms with van der Waals surface area (Å²) in [5.41, 5.74) is 3.43. The first-order chi connectivity index (χ1) is 15.5. The van der Waals surface area contributed by atoms with Gasteiger partial charge in [-0.3, -0.25) is 14.5 Å². The second kappa shape index (κ2) is 8.13. The van der Waals surface area contributed by atoms with Crippen molar-refractivity contribution in [3.8, 4) is 0 Å². The minimum absolute atomic E-state index is 0.160. The third-order valence-electron chi connectivity index (χ3n) is 6.13. The average molecular weight is 450 g/mol. The predicted molar refractivity (Wildman–Crippen MR) is 126 cm³/mol. The predicted octanol–water partition coefficient (Wildman–Crippen LogP) is 4.25. The summed E-state index contributed by atoms with van der Waals surface area (Å²) in [6, 6.07) is 24.2. The third-order valence-corrected chi connectivity index (χ3v) is 6.38. The third kappa shape index (κ3) is 3.41. The SMILES string of the molecule is CN(C)c1ccc(C2C3C(=O)N(c4ccccc4)C(O)C3ON2c2ccc(Cl)cc2)cc1. The van der Waals surface area contributed by atoms with Gasteiger partial charge in [0.05, 0.1) is 17.6 Å². The lowest BCUT2D eigenvalue weighted by Gasteiger charge is -2.30. The number of benzene rings is 3. The molecule has 2 aliphatic rings. The number of hydroxylamine groups is 1. The van der Waals surface area contributed by atoms with E-state index in [9.17, 15) is 9.90 Å². The zero-order valence-electron chi connectivity index (χ0n) is 17.8. The lowest BCUT2D eigenvalue weighted by atomic mass is 9.90.